The highest BCUT2D eigenvalue weighted by molar-refractivity contribution is 5.84. The Kier molecular flexibility index (Phi) is 6.75. The summed E-state index contributed by atoms with van der Waals surface area (Å²) in [7, 11) is 1.51. The molecule has 122 valence electrons. The number of hydrogen-bond acceptors (Lipinski definition) is 3. The van der Waals surface area contributed by atoms with Crippen LogP contribution in [0.4, 0.5) is 8.78 Å². The van der Waals surface area contributed by atoms with Crippen molar-refractivity contribution in [2.75, 3.05) is 7.11 Å². The minimum absolute atomic E-state index is 0.0204. The highest BCUT2D eigenvalue weighted by atomic mass is 19.3. The highest BCUT2D eigenvalue weighted by Gasteiger charge is 2.25. The summed E-state index contributed by atoms with van der Waals surface area (Å²) in [6, 6.07) is 5.55. The lowest BCUT2D eigenvalue weighted by atomic mass is 9.96. The van der Waals surface area contributed by atoms with Gasteiger partial charge in [-0.25, -0.2) is 13.6 Å². The molecule has 0 saturated carbocycles. The standard InChI is InChI=1S/C15H19F2NO4/c1-9(10-5-3-4-6-12(10)22-2)7-14(19)18-11(15(20)21)8-13(16)17/h3-6,9,11,13H,7-8H2,1-2H3,(H,18,19)(H,20,21). The second-order valence-electron chi connectivity index (χ2n) is 4.93. The molecule has 0 aromatic heterocycles. The minimum atomic E-state index is -2.80. The molecule has 0 radical (unpaired) electrons. The van der Waals surface area contributed by atoms with Gasteiger partial charge in [-0.3, -0.25) is 4.79 Å². The van der Waals surface area contributed by atoms with Gasteiger partial charge in [-0.2, -0.15) is 0 Å². The van der Waals surface area contributed by atoms with Gasteiger partial charge in [0.15, 0.2) is 0 Å². The zero-order valence-electron chi connectivity index (χ0n) is 12.4. The maximum atomic E-state index is 12.3. The Morgan fingerprint density at radius 3 is 2.50 bits per heavy atom. The molecule has 1 rings (SSSR count). The van der Waals surface area contributed by atoms with Crippen LogP contribution in [0, 0.1) is 0 Å². The van der Waals surface area contributed by atoms with Crippen molar-refractivity contribution in [1.82, 2.24) is 5.32 Å². The van der Waals surface area contributed by atoms with Gasteiger partial charge in [0.05, 0.1) is 7.11 Å². The highest BCUT2D eigenvalue weighted by Crippen LogP contribution is 2.28. The first-order chi connectivity index (χ1) is 10.3. The molecular formula is C15H19F2NO4. The number of halogens is 2. The molecule has 0 aliphatic carbocycles. The van der Waals surface area contributed by atoms with Gasteiger partial charge in [-0.05, 0) is 17.5 Å². The number of carboxylic acids is 1. The number of hydrogen-bond donors (Lipinski definition) is 2. The first kappa shape index (κ1) is 17.9. The lowest BCUT2D eigenvalue weighted by Gasteiger charge is -2.18. The van der Waals surface area contributed by atoms with Gasteiger partial charge in [-0.1, -0.05) is 25.1 Å². The van der Waals surface area contributed by atoms with Gasteiger partial charge in [0.2, 0.25) is 12.3 Å². The number of amides is 1. The molecule has 2 atom stereocenters. The van der Waals surface area contributed by atoms with Crippen LogP contribution >= 0.6 is 0 Å². The average Bonchev–Trinajstić information content (AvgIpc) is 2.45. The van der Waals surface area contributed by atoms with Crippen molar-refractivity contribution < 1.29 is 28.2 Å². The van der Waals surface area contributed by atoms with E-state index >= 15 is 0 Å². The van der Waals surface area contributed by atoms with Crippen LogP contribution in [0.15, 0.2) is 24.3 Å². The van der Waals surface area contributed by atoms with Gasteiger partial charge in [-0.15, -0.1) is 0 Å². The van der Waals surface area contributed by atoms with Crippen LogP contribution in [-0.4, -0.2) is 36.6 Å². The van der Waals surface area contributed by atoms with Crippen molar-refractivity contribution in [1.29, 1.82) is 0 Å². The maximum Gasteiger partial charge on any atom is 0.326 e. The Balaban J connectivity index is 2.69. The summed E-state index contributed by atoms with van der Waals surface area (Å²) in [6.07, 6.45) is -3.73. The largest absolute Gasteiger partial charge is 0.496 e. The van der Waals surface area contributed by atoms with Gasteiger partial charge in [0, 0.05) is 12.8 Å². The van der Waals surface area contributed by atoms with E-state index in [1.807, 2.05) is 0 Å². The third-order valence-electron chi connectivity index (χ3n) is 3.21. The predicted octanol–water partition coefficient (Wildman–Crippen LogP) is 2.41. The zero-order valence-corrected chi connectivity index (χ0v) is 12.4. The predicted molar refractivity (Wildman–Crippen MR) is 76.2 cm³/mol. The van der Waals surface area contributed by atoms with Crippen LogP contribution in [0.5, 0.6) is 5.75 Å². The molecule has 0 bridgehead atoms. The number of carboxylic acid groups (broad SMARTS) is 1. The topological polar surface area (TPSA) is 75.6 Å². The number of ether oxygens (including phenoxy) is 1. The number of alkyl halides is 2. The monoisotopic (exact) mass is 315 g/mol. The molecule has 1 aromatic rings. The third kappa shape index (κ3) is 5.31. The molecule has 1 aromatic carbocycles. The molecule has 0 heterocycles. The first-order valence-corrected chi connectivity index (χ1v) is 6.78. The van der Waals surface area contributed by atoms with Crippen molar-refractivity contribution in [2.24, 2.45) is 0 Å². The lowest BCUT2D eigenvalue weighted by molar-refractivity contribution is -0.143. The van der Waals surface area contributed by atoms with E-state index in [4.69, 9.17) is 9.84 Å². The summed E-state index contributed by atoms with van der Waals surface area (Å²) in [5.41, 5.74) is 0.792. The molecule has 5 nitrogen and oxygen atoms in total. The van der Waals surface area contributed by atoms with E-state index in [2.05, 4.69) is 5.32 Å². The Morgan fingerprint density at radius 1 is 1.32 bits per heavy atom. The number of carbonyl (C=O) groups excluding carboxylic acids is 1. The molecule has 0 aliphatic heterocycles. The Morgan fingerprint density at radius 2 is 1.95 bits per heavy atom. The summed E-state index contributed by atoms with van der Waals surface area (Å²) in [5.74, 6) is -1.69. The summed E-state index contributed by atoms with van der Waals surface area (Å²) in [4.78, 5) is 22.7. The smallest absolute Gasteiger partial charge is 0.326 e. The fourth-order valence-corrected chi connectivity index (χ4v) is 2.11. The second kappa shape index (κ2) is 8.31. The van der Waals surface area contributed by atoms with Crippen molar-refractivity contribution in [3.63, 3.8) is 0 Å². The van der Waals surface area contributed by atoms with Gasteiger partial charge in [0.1, 0.15) is 11.8 Å². The first-order valence-electron chi connectivity index (χ1n) is 6.78. The zero-order chi connectivity index (χ0) is 16.7. The van der Waals surface area contributed by atoms with Gasteiger partial charge < -0.3 is 15.2 Å². The molecule has 0 saturated heterocycles. The fraction of sp³-hybridized carbons (Fsp3) is 0.467. The molecule has 2 N–H and O–H groups in total. The van der Waals surface area contributed by atoms with Crippen LogP contribution in [0.3, 0.4) is 0 Å². The summed E-state index contributed by atoms with van der Waals surface area (Å²) < 4.78 is 29.8. The van der Waals surface area contributed by atoms with Crippen LogP contribution in [0.2, 0.25) is 0 Å². The van der Waals surface area contributed by atoms with Crippen LogP contribution < -0.4 is 10.1 Å². The lowest BCUT2D eigenvalue weighted by Crippen LogP contribution is -2.42. The molecule has 2 unspecified atom stereocenters. The van der Waals surface area contributed by atoms with Crippen molar-refractivity contribution in [2.45, 2.75) is 38.2 Å². The number of para-hydroxylation sites is 1. The number of benzene rings is 1. The quantitative estimate of drug-likeness (QED) is 0.772. The van der Waals surface area contributed by atoms with Crippen LogP contribution in [0.25, 0.3) is 0 Å². The third-order valence-corrected chi connectivity index (χ3v) is 3.21. The van der Waals surface area contributed by atoms with Crippen molar-refractivity contribution >= 4 is 11.9 Å². The van der Waals surface area contributed by atoms with E-state index in [9.17, 15) is 18.4 Å². The van der Waals surface area contributed by atoms with E-state index in [0.717, 1.165) is 5.56 Å². The van der Waals surface area contributed by atoms with Crippen molar-refractivity contribution in [3.8, 4) is 5.75 Å². The van der Waals surface area contributed by atoms with E-state index in [1.165, 1.54) is 7.11 Å². The van der Waals surface area contributed by atoms with E-state index in [1.54, 1.807) is 31.2 Å². The molecule has 22 heavy (non-hydrogen) atoms. The number of rotatable bonds is 8. The summed E-state index contributed by atoms with van der Waals surface area (Å²) in [6.45, 7) is 1.78. The Hall–Kier alpha value is -2.18. The Bertz CT molecular complexity index is 522. The van der Waals surface area contributed by atoms with E-state index < -0.39 is 30.8 Å². The second-order valence-corrected chi connectivity index (χ2v) is 4.93. The number of nitrogens with one attached hydrogen (secondary N) is 1. The summed E-state index contributed by atoms with van der Waals surface area (Å²) in [5, 5.41) is 11.0. The number of carbonyl (C=O) groups is 2. The van der Waals surface area contributed by atoms with E-state index in [-0.39, 0.29) is 12.3 Å². The van der Waals surface area contributed by atoms with Gasteiger partial charge >= 0.3 is 5.97 Å². The van der Waals surface area contributed by atoms with Crippen LogP contribution in [-0.2, 0) is 9.59 Å². The molecule has 0 fully saturated rings. The van der Waals surface area contributed by atoms with Crippen LogP contribution in [0.1, 0.15) is 31.2 Å². The summed E-state index contributed by atoms with van der Waals surface area (Å²) >= 11 is 0. The molecular weight excluding hydrogens is 296 g/mol. The molecule has 0 spiro atoms. The number of aliphatic carboxylic acids is 1. The normalized spacial score (nSPS) is 13.5. The van der Waals surface area contributed by atoms with E-state index in [0.29, 0.717) is 5.75 Å². The molecule has 7 heteroatoms. The maximum absolute atomic E-state index is 12.3. The van der Waals surface area contributed by atoms with Gasteiger partial charge in [0.25, 0.3) is 0 Å². The SMILES string of the molecule is COc1ccccc1C(C)CC(=O)NC(CC(F)F)C(=O)O. The Labute approximate surface area is 127 Å². The number of methoxy groups -OCH3 is 1. The molecule has 1 amide bonds. The fourth-order valence-electron chi connectivity index (χ4n) is 2.11. The minimum Gasteiger partial charge on any atom is -0.496 e. The van der Waals surface area contributed by atoms with Crippen molar-refractivity contribution in [3.05, 3.63) is 29.8 Å². The average molecular weight is 315 g/mol. The molecule has 0 aliphatic rings.